The first-order valence-corrected chi connectivity index (χ1v) is 20.7. The van der Waals surface area contributed by atoms with Gasteiger partial charge in [0, 0.05) is 24.3 Å². The first-order valence-electron chi connectivity index (χ1n) is 19.0. The summed E-state index contributed by atoms with van der Waals surface area (Å²) in [5.74, 6) is -4.48. The second-order valence-electron chi connectivity index (χ2n) is 13.4. The molecule has 0 radical (unpaired) electrons. The van der Waals surface area contributed by atoms with Crippen molar-refractivity contribution in [3.8, 4) is 11.5 Å². The Balaban J connectivity index is 1.29. The van der Waals surface area contributed by atoms with Gasteiger partial charge >= 0.3 is 23.9 Å². The molecule has 0 spiro atoms. The average Bonchev–Trinajstić information content (AvgIpc) is 3.77. The molecule has 60 heavy (non-hydrogen) atoms. The van der Waals surface area contributed by atoms with Gasteiger partial charge in [-0.3, -0.25) is 19.2 Å². The Kier molecular flexibility index (Phi) is 14.1. The minimum atomic E-state index is -1.23. The maximum absolute atomic E-state index is 11.8. The molecule has 0 unspecified atom stereocenters. The molecule has 0 bridgehead atoms. The number of hydrogen-bond donors (Lipinski definition) is 4. The molecule has 0 saturated heterocycles. The SMILES string of the molecule is CC[n+]1c(C=Cc2ccc(N(CC(=O)O)CC(=O)O)c(OCCOc3cc(C=Cc4sc5ccccc5[n+]4CC)ccc3N(CC(=O)O)CC(=O)O)c2)sc2ccccc21. The first-order chi connectivity index (χ1) is 28.9. The number of aryl methyl sites for hydroxylation is 2. The van der Waals surface area contributed by atoms with Gasteiger partial charge < -0.3 is 39.7 Å². The molecule has 4 aromatic carbocycles. The van der Waals surface area contributed by atoms with Crippen molar-refractivity contribution in [1.29, 1.82) is 0 Å². The highest BCUT2D eigenvalue weighted by Crippen LogP contribution is 2.33. The van der Waals surface area contributed by atoms with E-state index in [4.69, 9.17) is 9.47 Å². The van der Waals surface area contributed by atoms with Gasteiger partial charge in [0.05, 0.1) is 11.4 Å². The van der Waals surface area contributed by atoms with Crippen LogP contribution in [0.15, 0.2) is 84.9 Å². The summed E-state index contributed by atoms with van der Waals surface area (Å²) in [4.78, 5) is 49.6. The normalized spacial score (nSPS) is 11.4. The molecule has 0 atom stereocenters. The van der Waals surface area contributed by atoms with Crippen molar-refractivity contribution in [2.45, 2.75) is 26.9 Å². The Morgan fingerprint density at radius 1 is 0.550 bits per heavy atom. The largest absolute Gasteiger partial charge is 0.488 e. The van der Waals surface area contributed by atoms with Gasteiger partial charge in [-0.1, -0.05) is 59.1 Å². The molecule has 6 rings (SSSR count). The zero-order valence-electron chi connectivity index (χ0n) is 32.9. The summed E-state index contributed by atoms with van der Waals surface area (Å²) in [6, 6.07) is 26.3. The van der Waals surface area contributed by atoms with E-state index in [0.717, 1.165) is 43.5 Å². The van der Waals surface area contributed by atoms with Crippen molar-refractivity contribution < 1.29 is 58.2 Å². The molecule has 14 nitrogen and oxygen atoms in total. The Morgan fingerprint density at radius 3 is 1.27 bits per heavy atom. The molecule has 6 aromatic rings. The molecule has 2 aromatic heterocycles. The van der Waals surface area contributed by atoms with Crippen molar-refractivity contribution in [3.05, 3.63) is 106 Å². The number of thiazole rings is 2. The van der Waals surface area contributed by atoms with Crippen molar-refractivity contribution in [2.75, 3.05) is 49.2 Å². The minimum absolute atomic E-state index is 0.101. The number of para-hydroxylation sites is 2. The molecule has 0 fully saturated rings. The van der Waals surface area contributed by atoms with Gasteiger partial charge in [-0.15, -0.1) is 0 Å². The number of nitrogens with zero attached hydrogens (tertiary/aromatic N) is 4. The number of ether oxygens (including phenoxy) is 2. The topological polar surface area (TPSA) is 182 Å². The third kappa shape index (κ3) is 10.6. The predicted molar refractivity (Wildman–Crippen MR) is 232 cm³/mol. The highest BCUT2D eigenvalue weighted by Gasteiger charge is 2.22. The van der Waals surface area contributed by atoms with Crippen molar-refractivity contribution in [1.82, 2.24) is 0 Å². The van der Waals surface area contributed by atoms with Crippen LogP contribution in [0.2, 0.25) is 0 Å². The third-order valence-corrected chi connectivity index (χ3v) is 11.6. The van der Waals surface area contributed by atoms with E-state index < -0.39 is 50.1 Å². The lowest BCUT2D eigenvalue weighted by Crippen LogP contribution is -2.35. The minimum Gasteiger partial charge on any atom is -0.488 e. The Morgan fingerprint density at radius 2 is 0.917 bits per heavy atom. The number of aliphatic carboxylic acids is 4. The third-order valence-electron chi connectivity index (χ3n) is 9.29. The highest BCUT2D eigenvalue weighted by atomic mass is 32.1. The van der Waals surface area contributed by atoms with E-state index in [0.29, 0.717) is 11.1 Å². The second-order valence-corrected chi connectivity index (χ2v) is 15.5. The van der Waals surface area contributed by atoms with E-state index >= 15 is 0 Å². The van der Waals surface area contributed by atoms with Gasteiger partial charge in [0.25, 0.3) is 10.0 Å². The molecule has 0 aliphatic rings. The van der Waals surface area contributed by atoms with Gasteiger partial charge in [0.15, 0.2) is 0 Å². The van der Waals surface area contributed by atoms with Crippen molar-refractivity contribution >= 4 is 103 Å². The summed E-state index contributed by atoms with van der Waals surface area (Å²) >= 11 is 3.28. The lowest BCUT2D eigenvalue weighted by molar-refractivity contribution is -0.665. The molecular weight excluding hydrogens is 809 g/mol. The Hall–Kier alpha value is -6.78. The van der Waals surface area contributed by atoms with Gasteiger partial charge in [-0.25, -0.2) is 0 Å². The predicted octanol–water partition coefficient (Wildman–Crippen LogP) is 6.48. The van der Waals surface area contributed by atoms with Crippen LogP contribution in [0.25, 0.3) is 44.7 Å². The molecule has 310 valence electrons. The van der Waals surface area contributed by atoms with Crippen LogP contribution in [0.1, 0.15) is 35.0 Å². The van der Waals surface area contributed by atoms with Crippen LogP contribution in [0.3, 0.4) is 0 Å². The number of benzene rings is 4. The summed E-state index contributed by atoms with van der Waals surface area (Å²) in [6.07, 6.45) is 7.75. The number of anilines is 2. The number of fused-ring (bicyclic) bond motifs is 2. The molecule has 4 N–H and O–H groups in total. The molecule has 0 aliphatic heterocycles. The van der Waals surface area contributed by atoms with E-state index in [-0.39, 0.29) is 36.1 Å². The van der Waals surface area contributed by atoms with Crippen LogP contribution in [-0.4, -0.2) is 83.7 Å². The number of aromatic nitrogens is 2. The fraction of sp³-hybridized carbons (Fsp3) is 0.227. The highest BCUT2D eigenvalue weighted by molar-refractivity contribution is 7.19. The Labute approximate surface area is 353 Å². The maximum atomic E-state index is 11.8. The number of rotatable bonds is 21. The van der Waals surface area contributed by atoms with Crippen LogP contribution < -0.4 is 28.4 Å². The number of carboxylic acids is 4. The molecular formula is C44H44N4O10S2+2. The van der Waals surface area contributed by atoms with E-state index in [9.17, 15) is 39.6 Å². The first kappa shape index (κ1) is 42.8. The van der Waals surface area contributed by atoms with Crippen LogP contribution in [0.5, 0.6) is 11.5 Å². The summed E-state index contributed by atoms with van der Waals surface area (Å²) in [5, 5.41) is 40.6. The quantitative estimate of drug-likeness (QED) is 0.0458. The second kappa shape index (κ2) is 19.8. The van der Waals surface area contributed by atoms with Crippen molar-refractivity contribution in [3.63, 3.8) is 0 Å². The molecule has 0 amide bonds. The van der Waals surface area contributed by atoms with Gasteiger partial charge in [0.1, 0.15) is 73.4 Å². The van der Waals surface area contributed by atoms with E-state index in [1.165, 1.54) is 9.80 Å². The van der Waals surface area contributed by atoms with E-state index in [2.05, 4.69) is 47.2 Å². The molecule has 16 heteroatoms. The zero-order chi connectivity index (χ0) is 42.8. The van der Waals surface area contributed by atoms with Crippen LogP contribution >= 0.6 is 22.7 Å². The fourth-order valence-corrected chi connectivity index (χ4v) is 9.03. The molecule has 0 aliphatic carbocycles. The maximum Gasteiger partial charge on any atom is 0.323 e. The van der Waals surface area contributed by atoms with E-state index in [1.54, 1.807) is 59.1 Å². The summed E-state index contributed by atoms with van der Waals surface area (Å²) in [6.45, 7) is 3.05. The average molecular weight is 853 g/mol. The summed E-state index contributed by atoms with van der Waals surface area (Å²) < 4.78 is 19.1. The number of carboxylic acid groups (broad SMARTS) is 4. The smallest absolute Gasteiger partial charge is 0.323 e. The summed E-state index contributed by atoms with van der Waals surface area (Å²) in [7, 11) is 0. The van der Waals surface area contributed by atoms with Crippen LogP contribution in [-0.2, 0) is 32.3 Å². The van der Waals surface area contributed by atoms with Gasteiger partial charge in [0.2, 0.25) is 11.0 Å². The van der Waals surface area contributed by atoms with Crippen LogP contribution in [0.4, 0.5) is 11.4 Å². The zero-order valence-corrected chi connectivity index (χ0v) is 34.5. The lowest BCUT2D eigenvalue weighted by atomic mass is 10.1. The number of carbonyl (C=O) groups is 4. The fourth-order valence-electron chi connectivity index (χ4n) is 6.77. The van der Waals surface area contributed by atoms with Gasteiger partial charge in [-0.2, -0.15) is 9.13 Å². The standard InChI is InChI=1S/C44H42N4O10S2/c1-3-47-33-9-5-7-11-37(33)59-39(47)19-15-29-13-17-31(45(25-41(49)50)26-42(51)52)35(23-29)57-21-22-58-36-24-30(14-18-32(36)46(27-43(53)54)28-44(55)56)16-20-40-48(4-2)34-10-6-8-12-38(34)60-40/h5-20,23-24H,3-4,21-22,25-28H2,1-2H3,(H2-2,49,50,51,52,53,54,55,56)/p+2. The monoisotopic (exact) mass is 852 g/mol. The van der Waals surface area contributed by atoms with Crippen molar-refractivity contribution in [2.24, 2.45) is 0 Å². The lowest BCUT2D eigenvalue weighted by Gasteiger charge is -2.25. The Bertz CT molecular complexity index is 2390. The van der Waals surface area contributed by atoms with E-state index in [1.807, 2.05) is 48.6 Å². The molecule has 2 heterocycles. The summed E-state index contributed by atoms with van der Waals surface area (Å²) in [5.41, 5.74) is 4.14. The van der Waals surface area contributed by atoms with Gasteiger partial charge in [-0.05, 0) is 73.5 Å². The molecule has 0 saturated carbocycles. The number of hydrogen-bond acceptors (Lipinski definition) is 10. The van der Waals surface area contributed by atoms with Crippen LogP contribution in [0, 0.1) is 0 Å².